The van der Waals surface area contributed by atoms with E-state index in [1.54, 1.807) is 0 Å². The molecule has 0 aliphatic carbocycles. The molecule has 0 saturated heterocycles. The topological polar surface area (TPSA) is 78.9 Å². The fourth-order valence-electron chi connectivity index (χ4n) is 8.75. The van der Waals surface area contributed by atoms with Crippen LogP contribution in [0.3, 0.4) is 0 Å². The van der Waals surface area contributed by atoms with Crippen molar-refractivity contribution in [3.8, 4) is 0 Å². The number of ether oxygens (including phenoxy) is 3. The zero-order chi connectivity index (χ0) is 52.9. The SMILES string of the molecule is CC/C=C\C/C=C\C/C=C\C/C=C\C/C=C\CCCC(=O)OC(COC(=O)CCCCCCC/C=C\C/C=C\CCCCCC)COC(=O)CCCCCCCCCCCCCCCCCCCCCCCC. The van der Waals surface area contributed by atoms with Crippen LogP contribution < -0.4 is 0 Å². The molecule has 1 atom stereocenters. The van der Waals surface area contributed by atoms with Crippen LogP contribution >= 0.6 is 0 Å². The van der Waals surface area contributed by atoms with Gasteiger partial charge in [-0.15, -0.1) is 0 Å². The number of allylic oxidation sites excluding steroid dienone is 14. The molecule has 0 aliphatic rings. The minimum absolute atomic E-state index is 0.101. The summed E-state index contributed by atoms with van der Waals surface area (Å²) in [4.78, 5) is 38.2. The molecule has 420 valence electrons. The van der Waals surface area contributed by atoms with Crippen molar-refractivity contribution in [1.82, 2.24) is 0 Å². The first-order valence-electron chi connectivity index (χ1n) is 31.1. The average molecular weight is 1020 g/mol. The smallest absolute Gasteiger partial charge is 0.306 e. The minimum Gasteiger partial charge on any atom is -0.462 e. The summed E-state index contributed by atoms with van der Waals surface area (Å²) in [6.07, 6.45) is 80.2. The van der Waals surface area contributed by atoms with Crippen LogP contribution in [0.25, 0.3) is 0 Å². The van der Waals surface area contributed by atoms with Gasteiger partial charge < -0.3 is 14.2 Å². The van der Waals surface area contributed by atoms with Crippen molar-refractivity contribution in [2.45, 2.75) is 309 Å². The van der Waals surface area contributed by atoms with E-state index in [-0.39, 0.29) is 37.5 Å². The Labute approximate surface area is 452 Å². The lowest BCUT2D eigenvalue weighted by Crippen LogP contribution is -2.30. The number of hydrogen-bond donors (Lipinski definition) is 0. The average Bonchev–Trinajstić information content (AvgIpc) is 3.39. The van der Waals surface area contributed by atoms with Crippen LogP contribution in [0.2, 0.25) is 0 Å². The Morgan fingerprint density at radius 3 is 0.890 bits per heavy atom. The summed E-state index contributed by atoms with van der Waals surface area (Å²) in [5.74, 6) is -0.963. The fraction of sp³-hybridized carbons (Fsp3) is 0.746. The molecule has 6 nitrogen and oxygen atoms in total. The second kappa shape index (κ2) is 61.1. The summed E-state index contributed by atoms with van der Waals surface area (Å²) >= 11 is 0. The van der Waals surface area contributed by atoms with Gasteiger partial charge in [0.25, 0.3) is 0 Å². The Morgan fingerprint density at radius 2 is 0.548 bits per heavy atom. The van der Waals surface area contributed by atoms with E-state index < -0.39 is 6.10 Å². The second-order valence-corrected chi connectivity index (χ2v) is 20.6. The molecule has 0 saturated carbocycles. The van der Waals surface area contributed by atoms with Crippen LogP contribution in [0.15, 0.2) is 85.1 Å². The Morgan fingerprint density at radius 1 is 0.288 bits per heavy atom. The highest BCUT2D eigenvalue weighted by molar-refractivity contribution is 5.71. The van der Waals surface area contributed by atoms with Crippen molar-refractivity contribution < 1.29 is 28.6 Å². The number of rotatable bonds is 56. The van der Waals surface area contributed by atoms with Gasteiger partial charge in [-0.1, -0.05) is 279 Å². The van der Waals surface area contributed by atoms with Gasteiger partial charge in [0.05, 0.1) is 0 Å². The molecule has 0 aromatic heterocycles. The van der Waals surface area contributed by atoms with E-state index in [0.29, 0.717) is 19.3 Å². The number of carbonyl (C=O) groups excluding carboxylic acids is 3. The van der Waals surface area contributed by atoms with Crippen molar-refractivity contribution in [2.75, 3.05) is 13.2 Å². The molecule has 0 amide bonds. The first-order chi connectivity index (χ1) is 36.0. The highest BCUT2D eigenvalue weighted by Gasteiger charge is 2.19. The van der Waals surface area contributed by atoms with Gasteiger partial charge in [0.2, 0.25) is 0 Å². The maximum Gasteiger partial charge on any atom is 0.306 e. The van der Waals surface area contributed by atoms with Crippen molar-refractivity contribution >= 4 is 17.9 Å². The zero-order valence-electron chi connectivity index (χ0n) is 48.1. The van der Waals surface area contributed by atoms with Crippen LogP contribution in [0, 0.1) is 0 Å². The van der Waals surface area contributed by atoms with Crippen LogP contribution in [0.1, 0.15) is 303 Å². The van der Waals surface area contributed by atoms with Gasteiger partial charge in [-0.3, -0.25) is 14.4 Å². The van der Waals surface area contributed by atoms with Crippen LogP contribution in [0.5, 0.6) is 0 Å². The first-order valence-corrected chi connectivity index (χ1v) is 31.1. The largest absolute Gasteiger partial charge is 0.462 e. The molecule has 1 unspecified atom stereocenters. The second-order valence-electron chi connectivity index (χ2n) is 20.6. The van der Waals surface area contributed by atoms with Gasteiger partial charge in [0, 0.05) is 19.3 Å². The summed E-state index contributed by atoms with van der Waals surface area (Å²) in [7, 11) is 0. The van der Waals surface area contributed by atoms with Gasteiger partial charge in [-0.05, 0) is 89.9 Å². The summed E-state index contributed by atoms with van der Waals surface area (Å²) in [5.41, 5.74) is 0. The third kappa shape index (κ3) is 59.3. The third-order valence-electron chi connectivity index (χ3n) is 13.4. The molecule has 6 heteroatoms. The quantitative estimate of drug-likeness (QED) is 0.0261. The van der Waals surface area contributed by atoms with Crippen molar-refractivity contribution in [1.29, 1.82) is 0 Å². The predicted molar refractivity (Wildman–Crippen MR) is 316 cm³/mol. The number of esters is 3. The van der Waals surface area contributed by atoms with E-state index in [0.717, 1.165) is 103 Å². The highest BCUT2D eigenvalue weighted by atomic mass is 16.6. The van der Waals surface area contributed by atoms with Gasteiger partial charge in [0.15, 0.2) is 6.10 Å². The molecule has 0 aromatic rings. The molecule has 0 rings (SSSR count). The third-order valence-corrected chi connectivity index (χ3v) is 13.4. The normalized spacial score (nSPS) is 12.6. The van der Waals surface area contributed by atoms with E-state index in [9.17, 15) is 14.4 Å². The zero-order valence-corrected chi connectivity index (χ0v) is 48.1. The molecular weight excluding hydrogens is 901 g/mol. The molecule has 73 heavy (non-hydrogen) atoms. The molecule has 0 aliphatic heterocycles. The Kier molecular flexibility index (Phi) is 58.3. The molecule has 0 spiro atoms. The lowest BCUT2D eigenvalue weighted by Gasteiger charge is -2.18. The van der Waals surface area contributed by atoms with Crippen molar-refractivity contribution in [3.05, 3.63) is 85.1 Å². The van der Waals surface area contributed by atoms with E-state index in [1.165, 1.54) is 154 Å². The number of unbranched alkanes of at least 4 members (excludes halogenated alkanes) is 31. The summed E-state index contributed by atoms with van der Waals surface area (Å²) in [5, 5.41) is 0. The lowest BCUT2D eigenvalue weighted by molar-refractivity contribution is -0.167. The molecular formula is C67H116O6. The molecule has 0 fully saturated rings. The van der Waals surface area contributed by atoms with E-state index in [4.69, 9.17) is 14.2 Å². The molecule has 0 N–H and O–H groups in total. The lowest BCUT2D eigenvalue weighted by atomic mass is 10.0. The summed E-state index contributed by atoms with van der Waals surface area (Å²) < 4.78 is 16.9. The molecule has 0 radical (unpaired) electrons. The Hall–Kier alpha value is -3.41. The number of hydrogen-bond acceptors (Lipinski definition) is 6. The monoisotopic (exact) mass is 1020 g/mol. The van der Waals surface area contributed by atoms with Crippen LogP contribution in [0.4, 0.5) is 0 Å². The van der Waals surface area contributed by atoms with E-state index >= 15 is 0 Å². The minimum atomic E-state index is -0.812. The van der Waals surface area contributed by atoms with Crippen LogP contribution in [-0.4, -0.2) is 37.2 Å². The summed E-state index contributed by atoms with van der Waals surface area (Å²) in [6, 6.07) is 0. The van der Waals surface area contributed by atoms with Gasteiger partial charge in [-0.2, -0.15) is 0 Å². The maximum absolute atomic E-state index is 12.9. The molecule has 0 aromatic carbocycles. The number of carbonyl (C=O) groups is 3. The highest BCUT2D eigenvalue weighted by Crippen LogP contribution is 2.17. The fourth-order valence-corrected chi connectivity index (χ4v) is 8.75. The van der Waals surface area contributed by atoms with E-state index in [2.05, 4.69) is 106 Å². The van der Waals surface area contributed by atoms with Crippen molar-refractivity contribution in [2.24, 2.45) is 0 Å². The molecule has 0 bridgehead atoms. The summed E-state index contributed by atoms with van der Waals surface area (Å²) in [6.45, 7) is 6.48. The Balaban J connectivity index is 4.41. The van der Waals surface area contributed by atoms with Crippen molar-refractivity contribution in [3.63, 3.8) is 0 Å². The van der Waals surface area contributed by atoms with Gasteiger partial charge in [0.1, 0.15) is 13.2 Å². The predicted octanol–water partition coefficient (Wildman–Crippen LogP) is 21.1. The standard InChI is InChI=1S/C67H116O6/c1-4-7-10-13-16-19-22-25-28-31-32-33-34-35-37-39-42-45-48-51-54-57-60-66(69)72-63-64(62-71-65(68)59-56-53-50-47-44-41-38-30-27-24-21-18-15-12-9-6-3)73-67(70)61-58-55-52-49-46-43-40-36-29-26-23-20-17-14-11-8-5-2/h8,11,17,20-21,24,26,29-30,38,40,43,49,52,64H,4-7,9-10,12-16,18-19,22-23,25,27-28,31-37,39,41-42,44-48,50-51,53-63H2,1-3H3/b11-8-,20-17-,24-21-,29-26-,38-30-,43-40-,52-49-. The van der Waals surface area contributed by atoms with Gasteiger partial charge >= 0.3 is 17.9 Å². The van der Waals surface area contributed by atoms with E-state index in [1.807, 2.05) is 0 Å². The first kappa shape index (κ1) is 69.6. The maximum atomic E-state index is 12.9. The van der Waals surface area contributed by atoms with Gasteiger partial charge in [-0.25, -0.2) is 0 Å². The molecule has 0 heterocycles. The Bertz CT molecular complexity index is 1400. The van der Waals surface area contributed by atoms with Crippen LogP contribution in [-0.2, 0) is 28.6 Å².